The second-order valence-electron chi connectivity index (χ2n) is 3.06. The quantitative estimate of drug-likeness (QED) is 0.617. The SMILES string of the molecule is CCCCCNc1c(O)nc[nH]c1=O. The van der Waals surface area contributed by atoms with Crippen LogP contribution in [0.2, 0.25) is 0 Å². The van der Waals surface area contributed by atoms with Crippen LogP contribution < -0.4 is 10.9 Å². The van der Waals surface area contributed by atoms with Gasteiger partial charge < -0.3 is 15.4 Å². The average molecular weight is 197 g/mol. The fourth-order valence-corrected chi connectivity index (χ4v) is 1.14. The van der Waals surface area contributed by atoms with Crippen molar-refractivity contribution in [3.63, 3.8) is 0 Å². The molecule has 0 fully saturated rings. The fraction of sp³-hybridized carbons (Fsp3) is 0.556. The lowest BCUT2D eigenvalue weighted by atomic mass is 10.2. The van der Waals surface area contributed by atoms with Crippen molar-refractivity contribution in [2.45, 2.75) is 26.2 Å². The van der Waals surface area contributed by atoms with Crippen molar-refractivity contribution in [3.05, 3.63) is 16.7 Å². The van der Waals surface area contributed by atoms with Crippen molar-refractivity contribution < 1.29 is 5.11 Å². The summed E-state index contributed by atoms with van der Waals surface area (Å²) in [4.78, 5) is 17.2. The molecule has 1 aromatic heterocycles. The van der Waals surface area contributed by atoms with Gasteiger partial charge in [-0.25, -0.2) is 4.98 Å². The summed E-state index contributed by atoms with van der Waals surface area (Å²) in [6.07, 6.45) is 4.38. The number of rotatable bonds is 5. The summed E-state index contributed by atoms with van der Waals surface area (Å²) >= 11 is 0. The monoisotopic (exact) mass is 197 g/mol. The first-order valence-electron chi connectivity index (χ1n) is 4.76. The number of hydrogen-bond acceptors (Lipinski definition) is 4. The van der Waals surface area contributed by atoms with Crippen molar-refractivity contribution in [2.75, 3.05) is 11.9 Å². The first-order valence-corrected chi connectivity index (χ1v) is 4.76. The molecule has 5 nitrogen and oxygen atoms in total. The Morgan fingerprint density at radius 2 is 2.36 bits per heavy atom. The minimum Gasteiger partial charge on any atom is -0.492 e. The van der Waals surface area contributed by atoms with E-state index < -0.39 is 0 Å². The molecule has 3 N–H and O–H groups in total. The van der Waals surface area contributed by atoms with E-state index in [1.807, 2.05) is 0 Å². The molecule has 0 spiro atoms. The number of anilines is 1. The van der Waals surface area contributed by atoms with E-state index in [0.29, 0.717) is 6.54 Å². The van der Waals surface area contributed by atoms with Gasteiger partial charge in [0.15, 0.2) is 5.69 Å². The number of aromatic hydroxyl groups is 1. The van der Waals surface area contributed by atoms with Crippen molar-refractivity contribution in [1.82, 2.24) is 9.97 Å². The summed E-state index contributed by atoms with van der Waals surface area (Å²) in [5.41, 5.74) is -0.183. The number of aromatic amines is 1. The Morgan fingerprint density at radius 1 is 1.57 bits per heavy atom. The second kappa shape index (κ2) is 5.26. The molecule has 0 radical (unpaired) electrons. The van der Waals surface area contributed by atoms with E-state index in [0.717, 1.165) is 19.3 Å². The minimum atomic E-state index is -0.339. The third kappa shape index (κ3) is 2.76. The maximum atomic E-state index is 11.2. The summed E-state index contributed by atoms with van der Waals surface area (Å²) in [7, 11) is 0. The molecule has 0 aliphatic carbocycles. The van der Waals surface area contributed by atoms with Crippen LogP contribution in [-0.4, -0.2) is 21.6 Å². The molecule has 14 heavy (non-hydrogen) atoms. The molecule has 0 saturated heterocycles. The van der Waals surface area contributed by atoms with Crippen LogP contribution in [0.15, 0.2) is 11.1 Å². The maximum Gasteiger partial charge on any atom is 0.278 e. The highest BCUT2D eigenvalue weighted by Crippen LogP contribution is 2.12. The Hall–Kier alpha value is -1.52. The van der Waals surface area contributed by atoms with Gasteiger partial charge in [0, 0.05) is 6.54 Å². The molecule has 0 amide bonds. The molecule has 5 heteroatoms. The molecule has 0 aromatic carbocycles. The largest absolute Gasteiger partial charge is 0.492 e. The summed E-state index contributed by atoms with van der Waals surface area (Å²) in [6, 6.07) is 0. The fourth-order valence-electron chi connectivity index (χ4n) is 1.14. The predicted molar refractivity (Wildman–Crippen MR) is 54.5 cm³/mol. The summed E-state index contributed by atoms with van der Waals surface area (Å²) in [6.45, 7) is 2.78. The topological polar surface area (TPSA) is 78.0 Å². The van der Waals surface area contributed by atoms with Crippen LogP contribution >= 0.6 is 0 Å². The standard InChI is InChI=1S/C9H15N3O2/c1-2-3-4-5-10-7-8(13)11-6-12-9(7)14/h6,10H,2-5H2,1H3,(H2,11,12,13,14). The van der Waals surface area contributed by atoms with Gasteiger partial charge in [0.05, 0.1) is 6.33 Å². The molecule has 0 aliphatic heterocycles. The van der Waals surface area contributed by atoms with Crippen molar-refractivity contribution in [1.29, 1.82) is 0 Å². The van der Waals surface area contributed by atoms with Gasteiger partial charge in [-0.15, -0.1) is 0 Å². The third-order valence-corrected chi connectivity index (χ3v) is 1.92. The molecular formula is C9H15N3O2. The van der Waals surface area contributed by atoms with Crippen molar-refractivity contribution >= 4 is 5.69 Å². The van der Waals surface area contributed by atoms with E-state index in [-0.39, 0.29) is 17.1 Å². The zero-order valence-corrected chi connectivity index (χ0v) is 8.21. The molecular weight excluding hydrogens is 182 g/mol. The van der Waals surface area contributed by atoms with E-state index in [9.17, 15) is 9.90 Å². The highest BCUT2D eigenvalue weighted by molar-refractivity contribution is 5.48. The zero-order chi connectivity index (χ0) is 10.4. The van der Waals surface area contributed by atoms with Crippen LogP contribution in [0.25, 0.3) is 0 Å². The molecule has 1 heterocycles. The first-order chi connectivity index (χ1) is 6.75. The highest BCUT2D eigenvalue weighted by atomic mass is 16.3. The second-order valence-corrected chi connectivity index (χ2v) is 3.06. The van der Waals surface area contributed by atoms with Gasteiger partial charge in [0.25, 0.3) is 5.56 Å². The normalized spacial score (nSPS) is 10.1. The molecule has 0 bridgehead atoms. The molecule has 0 atom stereocenters. The van der Waals surface area contributed by atoms with Gasteiger partial charge in [-0.1, -0.05) is 19.8 Å². The first kappa shape index (κ1) is 10.6. The van der Waals surface area contributed by atoms with Gasteiger partial charge in [0.2, 0.25) is 5.88 Å². The molecule has 0 saturated carbocycles. The van der Waals surface area contributed by atoms with Gasteiger partial charge in [-0.05, 0) is 6.42 Å². The Labute approximate surface area is 82.2 Å². The summed E-state index contributed by atoms with van der Waals surface area (Å²) in [5, 5.41) is 12.1. The number of unbranched alkanes of at least 4 members (excludes halogenated alkanes) is 2. The third-order valence-electron chi connectivity index (χ3n) is 1.92. The maximum absolute atomic E-state index is 11.2. The predicted octanol–water partition coefficient (Wildman–Crippen LogP) is 1.08. The molecule has 1 aromatic rings. The van der Waals surface area contributed by atoms with E-state index in [2.05, 4.69) is 22.2 Å². The number of nitrogens with one attached hydrogen (secondary N) is 2. The van der Waals surface area contributed by atoms with Crippen molar-refractivity contribution in [3.8, 4) is 5.88 Å². The smallest absolute Gasteiger partial charge is 0.278 e. The van der Waals surface area contributed by atoms with E-state index in [1.165, 1.54) is 6.33 Å². The average Bonchev–Trinajstić information content (AvgIpc) is 2.16. The summed E-state index contributed by atoms with van der Waals surface area (Å²) < 4.78 is 0. The zero-order valence-electron chi connectivity index (χ0n) is 8.21. The minimum absolute atomic E-state index is 0.156. The Kier molecular flexibility index (Phi) is 3.97. The number of aromatic nitrogens is 2. The Bertz CT molecular complexity index is 335. The van der Waals surface area contributed by atoms with Gasteiger partial charge in [0.1, 0.15) is 0 Å². The van der Waals surface area contributed by atoms with Crippen LogP contribution in [0.4, 0.5) is 5.69 Å². The number of hydrogen-bond donors (Lipinski definition) is 3. The van der Waals surface area contributed by atoms with Crippen LogP contribution in [0.5, 0.6) is 5.88 Å². The Morgan fingerprint density at radius 3 is 3.00 bits per heavy atom. The van der Waals surface area contributed by atoms with Crippen LogP contribution in [0.3, 0.4) is 0 Å². The van der Waals surface area contributed by atoms with E-state index in [4.69, 9.17) is 0 Å². The van der Waals surface area contributed by atoms with Crippen LogP contribution in [0.1, 0.15) is 26.2 Å². The summed E-state index contributed by atoms with van der Waals surface area (Å²) in [5.74, 6) is -0.245. The lowest BCUT2D eigenvalue weighted by Gasteiger charge is -2.04. The number of nitrogens with zero attached hydrogens (tertiary/aromatic N) is 1. The number of H-pyrrole nitrogens is 1. The molecule has 0 aliphatic rings. The van der Waals surface area contributed by atoms with Crippen molar-refractivity contribution in [2.24, 2.45) is 0 Å². The van der Waals surface area contributed by atoms with Gasteiger partial charge in [-0.2, -0.15) is 0 Å². The van der Waals surface area contributed by atoms with Gasteiger partial charge in [-0.3, -0.25) is 4.79 Å². The molecule has 0 unspecified atom stereocenters. The van der Waals surface area contributed by atoms with Gasteiger partial charge >= 0.3 is 0 Å². The van der Waals surface area contributed by atoms with Crippen LogP contribution in [0, 0.1) is 0 Å². The van der Waals surface area contributed by atoms with E-state index >= 15 is 0 Å². The molecule has 1 rings (SSSR count). The lowest BCUT2D eigenvalue weighted by molar-refractivity contribution is 0.453. The Balaban J connectivity index is 2.54. The van der Waals surface area contributed by atoms with Crippen LogP contribution in [-0.2, 0) is 0 Å². The lowest BCUT2D eigenvalue weighted by Crippen LogP contribution is -2.15. The highest BCUT2D eigenvalue weighted by Gasteiger charge is 2.05. The molecule has 78 valence electrons. The van der Waals surface area contributed by atoms with E-state index in [1.54, 1.807) is 0 Å².